The van der Waals surface area contributed by atoms with Gasteiger partial charge in [0.1, 0.15) is 5.75 Å². The summed E-state index contributed by atoms with van der Waals surface area (Å²) in [5, 5.41) is 6.94. The second-order valence-electron chi connectivity index (χ2n) is 8.35. The molecule has 2 fully saturated rings. The Morgan fingerprint density at radius 2 is 2.00 bits per heavy atom. The topological polar surface area (TPSA) is 66.0 Å². The smallest absolute Gasteiger partial charge is 0.225 e. The Labute approximate surface area is 175 Å². The van der Waals surface area contributed by atoms with Crippen molar-refractivity contribution < 1.29 is 9.53 Å². The minimum absolute atomic E-state index is 0.252. The zero-order valence-corrected chi connectivity index (χ0v) is 18.1. The van der Waals surface area contributed by atoms with Gasteiger partial charge in [0, 0.05) is 44.6 Å². The largest absolute Gasteiger partial charge is 0.496 e. The molecule has 2 aliphatic rings. The summed E-state index contributed by atoms with van der Waals surface area (Å²) in [6.45, 7) is 4.56. The molecule has 2 atom stereocenters. The predicted octanol–water partition coefficient (Wildman–Crippen LogP) is 3.14. The number of amides is 1. The zero-order chi connectivity index (χ0) is 20.6. The summed E-state index contributed by atoms with van der Waals surface area (Å²) in [6.07, 6.45) is 6.79. The van der Waals surface area contributed by atoms with Crippen molar-refractivity contribution in [2.75, 3.05) is 33.8 Å². The van der Waals surface area contributed by atoms with Gasteiger partial charge in [-0.25, -0.2) is 0 Å². The van der Waals surface area contributed by atoms with E-state index >= 15 is 0 Å². The van der Waals surface area contributed by atoms with E-state index < -0.39 is 0 Å². The van der Waals surface area contributed by atoms with Gasteiger partial charge in [-0.05, 0) is 30.9 Å². The highest BCUT2D eigenvalue weighted by Gasteiger charge is 2.31. The highest BCUT2D eigenvalue weighted by molar-refractivity contribution is 5.81. The van der Waals surface area contributed by atoms with Crippen LogP contribution in [0.2, 0.25) is 0 Å². The van der Waals surface area contributed by atoms with Gasteiger partial charge in [0.2, 0.25) is 5.91 Å². The van der Waals surface area contributed by atoms with E-state index in [2.05, 4.69) is 33.5 Å². The number of carbonyl (C=O) groups is 1. The van der Waals surface area contributed by atoms with Crippen molar-refractivity contribution in [2.24, 2.45) is 10.9 Å². The van der Waals surface area contributed by atoms with Crippen molar-refractivity contribution in [3.8, 4) is 5.75 Å². The molecule has 1 aliphatic heterocycles. The molecule has 0 aromatic heterocycles. The molecule has 1 saturated heterocycles. The summed E-state index contributed by atoms with van der Waals surface area (Å²) in [4.78, 5) is 19.2. The van der Waals surface area contributed by atoms with Crippen LogP contribution >= 0.6 is 0 Å². The summed E-state index contributed by atoms with van der Waals surface area (Å²) >= 11 is 0. The van der Waals surface area contributed by atoms with Crippen LogP contribution in [0.3, 0.4) is 0 Å². The van der Waals surface area contributed by atoms with E-state index in [1.807, 2.05) is 18.2 Å². The Hall–Kier alpha value is -2.24. The van der Waals surface area contributed by atoms with Gasteiger partial charge in [-0.15, -0.1) is 0 Å². The number of benzene rings is 1. The highest BCUT2D eigenvalue weighted by atomic mass is 16.5. The van der Waals surface area contributed by atoms with Gasteiger partial charge in [0.25, 0.3) is 0 Å². The fraction of sp³-hybridized carbons (Fsp3) is 0.652. The van der Waals surface area contributed by atoms with Crippen molar-refractivity contribution in [3.05, 3.63) is 29.8 Å². The predicted molar refractivity (Wildman–Crippen MR) is 117 cm³/mol. The lowest BCUT2D eigenvalue weighted by atomic mass is 9.88. The molecule has 29 heavy (non-hydrogen) atoms. The van der Waals surface area contributed by atoms with Crippen molar-refractivity contribution in [3.63, 3.8) is 0 Å². The average molecular weight is 401 g/mol. The summed E-state index contributed by atoms with van der Waals surface area (Å²) in [7, 11) is 3.50. The van der Waals surface area contributed by atoms with E-state index in [-0.39, 0.29) is 17.9 Å². The Bertz CT molecular complexity index is 700. The minimum Gasteiger partial charge on any atom is -0.496 e. The molecule has 2 N–H and O–H groups in total. The van der Waals surface area contributed by atoms with E-state index in [4.69, 9.17) is 4.74 Å². The second-order valence-corrected chi connectivity index (χ2v) is 8.35. The molecule has 6 nitrogen and oxygen atoms in total. The zero-order valence-electron chi connectivity index (χ0n) is 18.1. The van der Waals surface area contributed by atoms with Crippen LogP contribution in [0.15, 0.2) is 29.3 Å². The Kier molecular flexibility index (Phi) is 7.78. The summed E-state index contributed by atoms with van der Waals surface area (Å²) in [5.74, 6) is 2.61. The molecule has 0 radical (unpaired) electrons. The maximum Gasteiger partial charge on any atom is 0.225 e. The van der Waals surface area contributed by atoms with Crippen LogP contribution in [-0.2, 0) is 4.79 Å². The number of rotatable bonds is 6. The molecule has 1 heterocycles. The van der Waals surface area contributed by atoms with Gasteiger partial charge >= 0.3 is 0 Å². The summed E-state index contributed by atoms with van der Waals surface area (Å²) in [6, 6.07) is 8.39. The van der Waals surface area contributed by atoms with Gasteiger partial charge in [-0.3, -0.25) is 9.79 Å². The molecule has 0 spiro atoms. The van der Waals surface area contributed by atoms with E-state index in [1.165, 1.54) is 24.8 Å². The number of hydrogen-bond donors (Lipinski definition) is 2. The van der Waals surface area contributed by atoms with Crippen LogP contribution in [-0.4, -0.2) is 56.6 Å². The number of nitrogens with one attached hydrogen (secondary N) is 2. The molecule has 1 aliphatic carbocycles. The van der Waals surface area contributed by atoms with Crippen molar-refractivity contribution >= 4 is 11.9 Å². The number of methoxy groups -OCH3 is 1. The molecule has 1 saturated carbocycles. The van der Waals surface area contributed by atoms with Gasteiger partial charge in [-0.1, -0.05) is 44.4 Å². The molecule has 1 aromatic carbocycles. The van der Waals surface area contributed by atoms with E-state index in [9.17, 15) is 4.79 Å². The SMILES string of the molecule is CN=C(NCC(C)c1ccccc1OC)NC1CCN(C(=O)C2CCCCC2)C1. The fourth-order valence-corrected chi connectivity index (χ4v) is 4.51. The van der Waals surface area contributed by atoms with Crippen molar-refractivity contribution in [2.45, 2.75) is 57.4 Å². The molecule has 160 valence electrons. The van der Waals surface area contributed by atoms with Gasteiger partial charge in [0.05, 0.1) is 7.11 Å². The van der Waals surface area contributed by atoms with Gasteiger partial charge in [0.15, 0.2) is 5.96 Å². The standard InChI is InChI=1S/C23H36N4O2/c1-17(20-11-7-8-12-21(20)29-3)15-25-23(24-2)26-19-13-14-27(16-19)22(28)18-9-5-4-6-10-18/h7-8,11-12,17-19H,4-6,9-10,13-16H2,1-3H3,(H2,24,25,26). The Morgan fingerprint density at radius 3 is 2.72 bits per heavy atom. The third-order valence-electron chi connectivity index (χ3n) is 6.26. The number of hydrogen-bond acceptors (Lipinski definition) is 3. The summed E-state index contributed by atoms with van der Waals surface area (Å²) < 4.78 is 5.48. The molecule has 2 unspecified atom stereocenters. The van der Waals surface area contributed by atoms with Crippen LogP contribution in [0.5, 0.6) is 5.75 Å². The maximum absolute atomic E-state index is 12.8. The normalized spacial score (nSPS) is 21.7. The van der Waals surface area contributed by atoms with Crippen molar-refractivity contribution in [1.82, 2.24) is 15.5 Å². The Morgan fingerprint density at radius 1 is 1.24 bits per heavy atom. The van der Waals surface area contributed by atoms with E-state index in [0.29, 0.717) is 5.91 Å². The number of carbonyl (C=O) groups excluding carboxylic acids is 1. The van der Waals surface area contributed by atoms with Crippen LogP contribution in [0.1, 0.15) is 56.9 Å². The highest BCUT2D eigenvalue weighted by Crippen LogP contribution is 2.27. The third kappa shape index (κ3) is 5.64. The first-order chi connectivity index (χ1) is 14.1. The minimum atomic E-state index is 0.252. The van der Waals surface area contributed by atoms with Crippen LogP contribution in [0.4, 0.5) is 0 Å². The number of likely N-dealkylation sites (tertiary alicyclic amines) is 1. The van der Waals surface area contributed by atoms with Gasteiger partial charge in [-0.2, -0.15) is 0 Å². The van der Waals surface area contributed by atoms with Crippen LogP contribution in [0, 0.1) is 5.92 Å². The number of aliphatic imine (C=N–C) groups is 1. The fourth-order valence-electron chi connectivity index (χ4n) is 4.51. The number of guanidine groups is 1. The molecule has 1 amide bonds. The third-order valence-corrected chi connectivity index (χ3v) is 6.26. The molecule has 1 aromatic rings. The van der Waals surface area contributed by atoms with E-state index in [1.54, 1.807) is 14.2 Å². The molecular weight excluding hydrogens is 364 g/mol. The molecule has 3 rings (SSSR count). The summed E-state index contributed by atoms with van der Waals surface area (Å²) in [5.41, 5.74) is 1.18. The number of ether oxygens (including phenoxy) is 1. The Balaban J connectivity index is 1.47. The first-order valence-electron chi connectivity index (χ1n) is 11.0. The lowest BCUT2D eigenvalue weighted by molar-refractivity contribution is -0.135. The van der Waals surface area contributed by atoms with Crippen LogP contribution < -0.4 is 15.4 Å². The number of nitrogens with zero attached hydrogens (tertiary/aromatic N) is 2. The first-order valence-corrected chi connectivity index (χ1v) is 11.0. The molecular formula is C23H36N4O2. The lowest BCUT2D eigenvalue weighted by Crippen LogP contribution is -2.46. The quantitative estimate of drug-likeness (QED) is 0.569. The van der Waals surface area contributed by atoms with Crippen molar-refractivity contribution in [1.29, 1.82) is 0 Å². The van der Waals surface area contributed by atoms with Crippen LogP contribution in [0.25, 0.3) is 0 Å². The average Bonchev–Trinajstić information content (AvgIpc) is 3.24. The van der Waals surface area contributed by atoms with Gasteiger partial charge < -0.3 is 20.3 Å². The second kappa shape index (κ2) is 10.5. The molecule has 6 heteroatoms. The monoisotopic (exact) mass is 400 g/mol. The molecule has 0 bridgehead atoms. The van der Waals surface area contributed by atoms with E-state index in [0.717, 1.165) is 50.6 Å². The number of para-hydroxylation sites is 1. The lowest BCUT2D eigenvalue weighted by Gasteiger charge is -2.26. The maximum atomic E-state index is 12.8. The first kappa shape index (κ1) is 21.5.